The van der Waals surface area contributed by atoms with E-state index in [1.807, 2.05) is 13.8 Å². The van der Waals surface area contributed by atoms with Crippen molar-refractivity contribution in [3.8, 4) is 0 Å². The summed E-state index contributed by atoms with van der Waals surface area (Å²) in [5.74, 6) is 0. The molecule has 0 aromatic rings. The standard InChI is InChI=1S/C10H24N2O3S/c1-4-6-9-12(3)16(14,15)11-8-7-10(13)5-2/h10-11,13H,4-9H2,1-3H3. The second-order valence-electron chi connectivity index (χ2n) is 3.93. The average molecular weight is 252 g/mol. The Morgan fingerprint density at radius 2 is 2.00 bits per heavy atom. The van der Waals surface area contributed by atoms with Crippen LogP contribution in [0.1, 0.15) is 39.5 Å². The summed E-state index contributed by atoms with van der Waals surface area (Å²) in [7, 11) is -1.80. The molecule has 6 heteroatoms. The molecule has 1 unspecified atom stereocenters. The van der Waals surface area contributed by atoms with Gasteiger partial charge in [-0.1, -0.05) is 20.3 Å². The van der Waals surface area contributed by atoms with E-state index < -0.39 is 16.3 Å². The molecule has 0 aliphatic carbocycles. The van der Waals surface area contributed by atoms with Crippen LogP contribution in [0.5, 0.6) is 0 Å². The van der Waals surface area contributed by atoms with E-state index in [-0.39, 0.29) is 6.54 Å². The van der Waals surface area contributed by atoms with Gasteiger partial charge < -0.3 is 5.11 Å². The Kier molecular flexibility index (Phi) is 7.91. The van der Waals surface area contributed by atoms with E-state index in [0.717, 1.165) is 12.8 Å². The lowest BCUT2D eigenvalue weighted by Crippen LogP contribution is -2.39. The van der Waals surface area contributed by atoms with Gasteiger partial charge in [0.15, 0.2) is 0 Å². The zero-order chi connectivity index (χ0) is 12.6. The fourth-order valence-corrected chi connectivity index (χ4v) is 2.14. The summed E-state index contributed by atoms with van der Waals surface area (Å²) in [6.45, 7) is 4.70. The Bertz CT molecular complexity index is 267. The van der Waals surface area contributed by atoms with Crippen molar-refractivity contribution >= 4 is 10.2 Å². The van der Waals surface area contributed by atoms with Gasteiger partial charge in [0.05, 0.1) is 6.10 Å². The minimum Gasteiger partial charge on any atom is -0.393 e. The van der Waals surface area contributed by atoms with Crippen molar-refractivity contribution in [2.75, 3.05) is 20.1 Å². The average Bonchev–Trinajstić information content (AvgIpc) is 2.25. The van der Waals surface area contributed by atoms with Crippen LogP contribution >= 0.6 is 0 Å². The second kappa shape index (κ2) is 8.00. The third kappa shape index (κ3) is 6.42. The van der Waals surface area contributed by atoms with Crippen LogP contribution in [0.25, 0.3) is 0 Å². The summed E-state index contributed by atoms with van der Waals surface area (Å²) in [4.78, 5) is 0. The van der Waals surface area contributed by atoms with Crippen LogP contribution in [-0.2, 0) is 10.2 Å². The van der Waals surface area contributed by atoms with E-state index in [1.165, 1.54) is 4.31 Å². The third-order valence-electron chi connectivity index (χ3n) is 2.47. The molecule has 98 valence electrons. The summed E-state index contributed by atoms with van der Waals surface area (Å²) in [5, 5.41) is 9.29. The van der Waals surface area contributed by atoms with Gasteiger partial charge in [0, 0.05) is 20.1 Å². The van der Waals surface area contributed by atoms with Crippen molar-refractivity contribution < 1.29 is 13.5 Å². The molecule has 0 amide bonds. The zero-order valence-corrected chi connectivity index (χ0v) is 11.3. The van der Waals surface area contributed by atoms with Gasteiger partial charge >= 0.3 is 0 Å². The smallest absolute Gasteiger partial charge is 0.279 e. The molecular weight excluding hydrogens is 228 g/mol. The summed E-state index contributed by atoms with van der Waals surface area (Å²) in [6.07, 6.45) is 2.50. The number of aliphatic hydroxyl groups excluding tert-OH is 1. The Morgan fingerprint density at radius 1 is 1.38 bits per heavy atom. The number of nitrogens with one attached hydrogen (secondary N) is 1. The van der Waals surface area contributed by atoms with E-state index in [2.05, 4.69) is 4.72 Å². The van der Waals surface area contributed by atoms with Crippen LogP contribution < -0.4 is 4.72 Å². The van der Waals surface area contributed by atoms with E-state index >= 15 is 0 Å². The number of hydrogen-bond acceptors (Lipinski definition) is 3. The SMILES string of the molecule is CCCCN(C)S(=O)(=O)NCCC(O)CC. The predicted molar refractivity (Wildman–Crippen MR) is 65.4 cm³/mol. The van der Waals surface area contributed by atoms with Crippen LogP contribution in [0.2, 0.25) is 0 Å². The van der Waals surface area contributed by atoms with Crippen molar-refractivity contribution in [2.24, 2.45) is 0 Å². The van der Waals surface area contributed by atoms with Crippen LogP contribution in [0.15, 0.2) is 0 Å². The summed E-state index contributed by atoms with van der Waals surface area (Å²) in [6, 6.07) is 0. The highest BCUT2D eigenvalue weighted by Crippen LogP contribution is 2.00. The molecule has 0 bridgehead atoms. The van der Waals surface area contributed by atoms with Gasteiger partial charge in [0.25, 0.3) is 10.2 Å². The zero-order valence-electron chi connectivity index (χ0n) is 10.4. The maximum atomic E-state index is 11.6. The van der Waals surface area contributed by atoms with Crippen LogP contribution in [0, 0.1) is 0 Å². The van der Waals surface area contributed by atoms with E-state index in [0.29, 0.717) is 19.4 Å². The molecule has 0 saturated carbocycles. The summed E-state index contributed by atoms with van der Waals surface area (Å²) < 4.78 is 27.1. The second-order valence-corrected chi connectivity index (χ2v) is 5.79. The summed E-state index contributed by atoms with van der Waals surface area (Å²) in [5.41, 5.74) is 0. The lowest BCUT2D eigenvalue weighted by Gasteiger charge is -2.17. The predicted octanol–water partition coefficient (Wildman–Crippen LogP) is 0.714. The van der Waals surface area contributed by atoms with Crippen LogP contribution in [-0.4, -0.2) is 44.1 Å². The Morgan fingerprint density at radius 3 is 2.50 bits per heavy atom. The van der Waals surface area contributed by atoms with Gasteiger partial charge in [-0.3, -0.25) is 0 Å². The van der Waals surface area contributed by atoms with Crippen LogP contribution in [0.4, 0.5) is 0 Å². The van der Waals surface area contributed by atoms with Gasteiger partial charge in [-0.05, 0) is 19.3 Å². The lowest BCUT2D eigenvalue weighted by atomic mass is 10.2. The van der Waals surface area contributed by atoms with Gasteiger partial charge in [0.1, 0.15) is 0 Å². The van der Waals surface area contributed by atoms with Gasteiger partial charge in [-0.15, -0.1) is 0 Å². The van der Waals surface area contributed by atoms with E-state index in [4.69, 9.17) is 0 Å². The molecule has 16 heavy (non-hydrogen) atoms. The van der Waals surface area contributed by atoms with Gasteiger partial charge in [-0.25, -0.2) is 4.72 Å². The maximum Gasteiger partial charge on any atom is 0.279 e. The van der Waals surface area contributed by atoms with Crippen molar-refractivity contribution in [1.82, 2.24) is 9.03 Å². The first-order valence-electron chi connectivity index (χ1n) is 5.83. The van der Waals surface area contributed by atoms with E-state index in [9.17, 15) is 13.5 Å². The molecule has 0 saturated heterocycles. The molecule has 0 heterocycles. The minimum atomic E-state index is -3.36. The first kappa shape index (κ1) is 15.8. The highest BCUT2D eigenvalue weighted by Gasteiger charge is 2.16. The number of aliphatic hydroxyl groups is 1. The lowest BCUT2D eigenvalue weighted by molar-refractivity contribution is 0.161. The molecule has 1 atom stereocenters. The molecule has 0 aliphatic heterocycles. The fourth-order valence-electron chi connectivity index (χ4n) is 1.17. The molecule has 0 fully saturated rings. The topological polar surface area (TPSA) is 69.6 Å². The maximum absolute atomic E-state index is 11.6. The molecular formula is C10H24N2O3S. The molecule has 0 aromatic heterocycles. The Hall–Kier alpha value is -0.170. The Labute approximate surface area is 99.0 Å². The van der Waals surface area contributed by atoms with E-state index in [1.54, 1.807) is 7.05 Å². The van der Waals surface area contributed by atoms with Crippen molar-refractivity contribution in [3.05, 3.63) is 0 Å². The minimum absolute atomic E-state index is 0.286. The molecule has 2 N–H and O–H groups in total. The first-order valence-corrected chi connectivity index (χ1v) is 7.27. The molecule has 5 nitrogen and oxygen atoms in total. The summed E-state index contributed by atoms with van der Waals surface area (Å²) >= 11 is 0. The Balaban J connectivity index is 3.95. The number of rotatable bonds is 9. The molecule has 0 rings (SSSR count). The number of hydrogen-bond donors (Lipinski definition) is 2. The highest BCUT2D eigenvalue weighted by molar-refractivity contribution is 7.87. The molecule has 0 aromatic carbocycles. The fraction of sp³-hybridized carbons (Fsp3) is 1.00. The molecule has 0 spiro atoms. The first-order chi connectivity index (χ1) is 7.44. The highest BCUT2D eigenvalue weighted by atomic mass is 32.2. The van der Waals surface area contributed by atoms with Crippen molar-refractivity contribution in [1.29, 1.82) is 0 Å². The van der Waals surface area contributed by atoms with Crippen LogP contribution in [0.3, 0.4) is 0 Å². The number of nitrogens with zero attached hydrogens (tertiary/aromatic N) is 1. The molecule has 0 aliphatic rings. The monoisotopic (exact) mass is 252 g/mol. The van der Waals surface area contributed by atoms with Crippen molar-refractivity contribution in [3.63, 3.8) is 0 Å². The number of unbranched alkanes of at least 4 members (excludes halogenated alkanes) is 1. The van der Waals surface area contributed by atoms with Gasteiger partial charge in [0.2, 0.25) is 0 Å². The van der Waals surface area contributed by atoms with Gasteiger partial charge in [-0.2, -0.15) is 12.7 Å². The molecule has 0 radical (unpaired) electrons. The normalized spacial score (nSPS) is 14.3. The third-order valence-corrected chi connectivity index (χ3v) is 4.04. The quantitative estimate of drug-likeness (QED) is 0.635. The van der Waals surface area contributed by atoms with Crippen molar-refractivity contribution in [2.45, 2.75) is 45.6 Å². The largest absolute Gasteiger partial charge is 0.393 e.